The summed E-state index contributed by atoms with van der Waals surface area (Å²) in [6.45, 7) is 3.32. The van der Waals surface area contributed by atoms with Gasteiger partial charge in [-0.15, -0.1) is 0 Å². The van der Waals surface area contributed by atoms with E-state index in [1.807, 2.05) is 14.1 Å². The molecule has 0 aliphatic rings. The van der Waals surface area contributed by atoms with Crippen LogP contribution in [0.2, 0.25) is 0 Å². The number of nitrogens with one attached hydrogen (secondary N) is 2. The molecule has 0 saturated carbocycles. The van der Waals surface area contributed by atoms with Crippen molar-refractivity contribution < 1.29 is 26.6 Å². The summed E-state index contributed by atoms with van der Waals surface area (Å²) in [5.41, 5.74) is 0. The van der Waals surface area contributed by atoms with Gasteiger partial charge in [0.1, 0.15) is 0 Å². The molecule has 0 atom stereocenters. The Morgan fingerprint density at radius 2 is 1.45 bits per heavy atom. The van der Waals surface area contributed by atoms with E-state index in [9.17, 15) is 0 Å². The van der Waals surface area contributed by atoms with Gasteiger partial charge >= 0.3 is 77.6 Å². The van der Waals surface area contributed by atoms with Crippen molar-refractivity contribution in [3.05, 3.63) is 0 Å². The van der Waals surface area contributed by atoms with E-state index in [-0.39, 0.29) is 0 Å². The van der Waals surface area contributed by atoms with E-state index in [1.54, 1.807) is 0 Å². The second-order valence-corrected chi connectivity index (χ2v) is 3.15. The maximum atomic E-state index is 5.23. The summed E-state index contributed by atoms with van der Waals surface area (Å²) in [5, 5.41) is 5.99. The molecule has 0 radical (unpaired) electrons. The van der Waals surface area contributed by atoms with Gasteiger partial charge in [-0.25, -0.2) is 0 Å². The van der Waals surface area contributed by atoms with Crippen molar-refractivity contribution in [1.82, 2.24) is 10.6 Å². The molecule has 0 amide bonds. The molecule has 66 valence electrons. The zero-order valence-corrected chi connectivity index (χ0v) is 8.71. The van der Waals surface area contributed by atoms with E-state index in [0.29, 0.717) is 0 Å². The van der Waals surface area contributed by atoms with Crippen molar-refractivity contribution in [3.8, 4) is 0 Å². The quantitative estimate of drug-likeness (QED) is 0.400. The molecular formula is C6H16N2O2Ti. The minimum absolute atomic E-state index is 0.599. The fourth-order valence-electron chi connectivity index (χ4n) is 0.431. The average molecular weight is 196 g/mol. The van der Waals surface area contributed by atoms with Gasteiger partial charge in [0.05, 0.1) is 0 Å². The predicted octanol–water partition coefficient (Wildman–Crippen LogP) is -0.629. The van der Waals surface area contributed by atoms with Crippen LogP contribution in [0, 0.1) is 0 Å². The van der Waals surface area contributed by atoms with Crippen LogP contribution in [0.5, 0.6) is 0 Å². The van der Waals surface area contributed by atoms with Gasteiger partial charge in [0.25, 0.3) is 0 Å². The van der Waals surface area contributed by atoms with Crippen molar-refractivity contribution in [2.45, 2.75) is 0 Å². The summed E-state index contributed by atoms with van der Waals surface area (Å²) in [6.07, 6.45) is 0. The zero-order chi connectivity index (χ0) is 8.36. The standard InChI is InChI=1S/2C3H8NO.Ti/c2*1-4-2-3-5;/h2*4H,2-3H2,1H3;/q2*-1;+2. The Kier molecular flexibility index (Phi) is 11.1. The fraction of sp³-hybridized carbons (Fsp3) is 1.00. The number of hydrogen-bond acceptors (Lipinski definition) is 4. The molecular weight excluding hydrogens is 180 g/mol. The minimum atomic E-state index is -0.599. The third-order valence-electron chi connectivity index (χ3n) is 1.03. The summed E-state index contributed by atoms with van der Waals surface area (Å²) in [5.74, 6) is 0. The van der Waals surface area contributed by atoms with Crippen LogP contribution in [0.3, 0.4) is 0 Å². The Bertz CT molecular complexity index is 67.6. The van der Waals surface area contributed by atoms with E-state index in [0.717, 1.165) is 26.3 Å². The van der Waals surface area contributed by atoms with Crippen molar-refractivity contribution in [3.63, 3.8) is 0 Å². The first-order valence-corrected chi connectivity index (χ1v) is 4.97. The number of hydrogen-bond donors (Lipinski definition) is 2. The Morgan fingerprint density at radius 3 is 1.82 bits per heavy atom. The summed E-state index contributed by atoms with van der Waals surface area (Å²) < 4.78 is 10.5. The molecule has 0 rings (SSSR count). The molecule has 0 aliphatic carbocycles. The first-order chi connectivity index (χ1) is 5.41. The second kappa shape index (κ2) is 10.6. The molecule has 0 fully saturated rings. The summed E-state index contributed by atoms with van der Waals surface area (Å²) in [4.78, 5) is 0. The van der Waals surface area contributed by atoms with Crippen LogP contribution in [0.4, 0.5) is 0 Å². The number of rotatable bonds is 8. The van der Waals surface area contributed by atoms with Crippen LogP contribution in [0.1, 0.15) is 0 Å². The van der Waals surface area contributed by atoms with E-state index in [4.69, 9.17) is 6.64 Å². The van der Waals surface area contributed by atoms with Gasteiger partial charge in [-0.1, -0.05) is 0 Å². The van der Waals surface area contributed by atoms with Crippen LogP contribution < -0.4 is 10.6 Å². The second-order valence-electron chi connectivity index (χ2n) is 1.99. The molecule has 0 spiro atoms. The molecule has 2 N–H and O–H groups in total. The zero-order valence-electron chi connectivity index (χ0n) is 7.14. The summed E-state index contributed by atoms with van der Waals surface area (Å²) >= 11 is -0.599. The first-order valence-electron chi connectivity index (χ1n) is 3.69. The van der Waals surface area contributed by atoms with E-state index in [2.05, 4.69) is 10.6 Å². The molecule has 0 aromatic heterocycles. The monoisotopic (exact) mass is 196 g/mol. The first kappa shape index (κ1) is 11.6. The SMILES string of the molecule is CNCC[O][Ti][O]CCNC. The Morgan fingerprint density at radius 1 is 1.00 bits per heavy atom. The molecule has 0 bridgehead atoms. The molecule has 0 aromatic rings. The van der Waals surface area contributed by atoms with Gasteiger partial charge in [0, 0.05) is 0 Å². The Hall–Kier alpha value is 0.554. The van der Waals surface area contributed by atoms with E-state index >= 15 is 0 Å². The van der Waals surface area contributed by atoms with Gasteiger partial charge in [-0.05, 0) is 0 Å². The summed E-state index contributed by atoms with van der Waals surface area (Å²) in [6, 6.07) is 0. The van der Waals surface area contributed by atoms with Gasteiger partial charge < -0.3 is 0 Å². The number of likely N-dealkylation sites (N-methyl/N-ethyl adjacent to an activating group) is 2. The third-order valence-corrected chi connectivity index (χ3v) is 2.03. The average Bonchev–Trinajstić information content (AvgIpc) is 2.03. The van der Waals surface area contributed by atoms with Crippen molar-refractivity contribution in [2.75, 3.05) is 40.4 Å². The van der Waals surface area contributed by atoms with Crippen LogP contribution in [-0.2, 0) is 26.6 Å². The van der Waals surface area contributed by atoms with Crippen LogP contribution >= 0.6 is 0 Å². The molecule has 0 aliphatic heterocycles. The summed E-state index contributed by atoms with van der Waals surface area (Å²) in [7, 11) is 3.82. The molecule has 5 heteroatoms. The molecule has 0 saturated heterocycles. The van der Waals surface area contributed by atoms with E-state index < -0.39 is 19.9 Å². The van der Waals surface area contributed by atoms with Crippen molar-refractivity contribution >= 4 is 0 Å². The van der Waals surface area contributed by atoms with Crippen LogP contribution in [-0.4, -0.2) is 40.4 Å². The van der Waals surface area contributed by atoms with Crippen LogP contribution in [0.15, 0.2) is 0 Å². The molecule has 0 aromatic carbocycles. The normalized spacial score (nSPS) is 10.0. The maximum absolute atomic E-state index is 5.23. The van der Waals surface area contributed by atoms with Gasteiger partial charge in [-0.2, -0.15) is 0 Å². The van der Waals surface area contributed by atoms with Crippen LogP contribution in [0.25, 0.3) is 0 Å². The van der Waals surface area contributed by atoms with Gasteiger partial charge in [0.15, 0.2) is 0 Å². The topological polar surface area (TPSA) is 42.5 Å². The van der Waals surface area contributed by atoms with Crippen molar-refractivity contribution in [1.29, 1.82) is 0 Å². The fourth-order valence-corrected chi connectivity index (χ4v) is 1.14. The van der Waals surface area contributed by atoms with Gasteiger partial charge in [-0.3, -0.25) is 0 Å². The Balaban J connectivity index is 2.69. The van der Waals surface area contributed by atoms with Crippen molar-refractivity contribution in [2.24, 2.45) is 0 Å². The third kappa shape index (κ3) is 10.6. The van der Waals surface area contributed by atoms with E-state index in [1.165, 1.54) is 0 Å². The Labute approximate surface area is 77.9 Å². The van der Waals surface area contributed by atoms with Gasteiger partial charge in [0.2, 0.25) is 0 Å². The molecule has 0 heterocycles. The predicted molar refractivity (Wildman–Crippen MR) is 39.8 cm³/mol. The molecule has 4 nitrogen and oxygen atoms in total. The molecule has 0 unspecified atom stereocenters. The molecule has 11 heavy (non-hydrogen) atoms.